The Hall–Kier alpha value is -1.01. The van der Waals surface area contributed by atoms with Gasteiger partial charge in [0.2, 0.25) is 5.91 Å². The van der Waals surface area contributed by atoms with E-state index in [2.05, 4.69) is 11.2 Å². The molecule has 3 heteroatoms. The third-order valence-corrected chi connectivity index (χ3v) is 1.66. The molecular formula is C7H9NO2. The standard InChI is InChI=1S/C7H9NO2/c1-2-6-5(3-4-9)7(10)8-6/h1,5-6,9H,3-4H2,(H,8,10)/t5-,6+/m1/s1. The second-order valence-corrected chi connectivity index (χ2v) is 2.27. The molecule has 1 heterocycles. The van der Waals surface area contributed by atoms with Crippen LogP contribution in [-0.4, -0.2) is 23.7 Å². The van der Waals surface area contributed by atoms with Gasteiger partial charge in [-0.1, -0.05) is 5.92 Å². The summed E-state index contributed by atoms with van der Waals surface area (Å²) >= 11 is 0. The van der Waals surface area contributed by atoms with Gasteiger partial charge in [-0.25, -0.2) is 0 Å². The molecule has 0 aliphatic carbocycles. The second kappa shape index (κ2) is 2.72. The van der Waals surface area contributed by atoms with E-state index in [0.29, 0.717) is 6.42 Å². The number of hydrogen-bond donors (Lipinski definition) is 2. The molecule has 10 heavy (non-hydrogen) atoms. The van der Waals surface area contributed by atoms with Crippen LogP contribution in [0.3, 0.4) is 0 Å². The lowest BCUT2D eigenvalue weighted by atomic mass is 9.88. The quantitative estimate of drug-likeness (QED) is 0.385. The summed E-state index contributed by atoms with van der Waals surface area (Å²) in [6, 6.07) is -0.153. The number of β-lactam (4-membered cyclic amide) rings is 1. The highest BCUT2D eigenvalue weighted by atomic mass is 16.3. The number of amides is 1. The molecule has 0 unspecified atom stereocenters. The number of terminal acetylenes is 1. The van der Waals surface area contributed by atoms with Gasteiger partial charge >= 0.3 is 0 Å². The van der Waals surface area contributed by atoms with Gasteiger partial charge in [-0.15, -0.1) is 6.42 Å². The molecule has 1 fully saturated rings. The maximum Gasteiger partial charge on any atom is 0.227 e. The van der Waals surface area contributed by atoms with E-state index in [4.69, 9.17) is 11.5 Å². The summed E-state index contributed by atoms with van der Waals surface area (Å²) in [6.45, 7) is 0.0241. The minimum absolute atomic E-state index is 0.0241. The average Bonchev–Trinajstić information content (AvgIpc) is 1.95. The van der Waals surface area contributed by atoms with Gasteiger partial charge in [-0.2, -0.15) is 0 Å². The summed E-state index contributed by atoms with van der Waals surface area (Å²) in [7, 11) is 0. The van der Waals surface area contributed by atoms with Crippen LogP contribution in [0, 0.1) is 18.3 Å². The lowest BCUT2D eigenvalue weighted by molar-refractivity contribution is -0.133. The summed E-state index contributed by atoms with van der Waals surface area (Å²) in [5, 5.41) is 11.0. The Kier molecular flexibility index (Phi) is 1.93. The topological polar surface area (TPSA) is 49.3 Å². The maximum absolute atomic E-state index is 10.7. The van der Waals surface area contributed by atoms with Crippen LogP contribution in [-0.2, 0) is 4.79 Å². The van der Waals surface area contributed by atoms with Gasteiger partial charge in [0.1, 0.15) is 6.04 Å². The monoisotopic (exact) mass is 139 g/mol. The molecule has 1 saturated heterocycles. The van der Waals surface area contributed by atoms with Gasteiger partial charge in [0, 0.05) is 6.61 Å². The number of hydrogen-bond acceptors (Lipinski definition) is 2. The first-order chi connectivity index (χ1) is 4.79. The van der Waals surface area contributed by atoms with Gasteiger partial charge in [0.25, 0.3) is 0 Å². The fraction of sp³-hybridized carbons (Fsp3) is 0.571. The lowest BCUT2D eigenvalue weighted by Crippen LogP contribution is -2.57. The van der Waals surface area contributed by atoms with E-state index in [1.54, 1.807) is 0 Å². The van der Waals surface area contributed by atoms with Gasteiger partial charge in [0.15, 0.2) is 0 Å². The lowest BCUT2D eigenvalue weighted by Gasteiger charge is -2.32. The molecule has 0 aromatic rings. The molecule has 0 aromatic heterocycles. The fourth-order valence-electron chi connectivity index (χ4n) is 1.01. The van der Waals surface area contributed by atoms with Crippen LogP contribution in [0.15, 0.2) is 0 Å². The third-order valence-electron chi connectivity index (χ3n) is 1.66. The summed E-state index contributed by atoms with van der Waals surface area (Å²) < 4.78 is 0. The number of carbonyl (C=O) groups excluding carboxylic acids is 1. The summed E-state index contributed by atoms with van der Waals surface area (Å²) in [5.74, 6) is 2.22. The van der Waals surface area contributed by atoms with Crippen molar-refractivity contribution < 1.29 is 9.90 Å². The smallest absolute Gasteiger partial charge is 0.227 e. The van der Waals surface area contributed by atoms with Crippen LogP contribution in [0.2, 0.25) is 0 Å². The van der Waals surface area contributed by atoms with Crippen LogP contribution in [0.4, 0.5) is 0 Å². The van der Waals surface area contributed by atoms with E-state index in [1.807, 2.05) is 0 Å². The van der Waals surface area contributed by atoms with Crippen molar-refractivity contribution in [2.75, 3.05) is 6.61 Å². The minimum atomic E-state index is -0.157. The Bertz CT molecular complexity index is 183. The molecule has 3 nitrogen and oxygen atoms in total. The second-order valence-electron chi connectivity index (χ2n) is 2.27. The fourth-order valence-corrected chi connectivity index (χ4v) is 1.01. The number of nitrogens with one attached hydrogen (secondary N) is 1. The minimum Gasteiger partial charge on any atom is -0.396 e. The average molecular weight is 139 g/mol. The van der Waals surface area contributed by atoms with Crippen molar-refractivity contribution in [3.63, 3.8) is 0 Å². The molecule has 2 N–H and O–H groups in total. The highest BCUT2D eigenvalue weighted by Crippen LogP contribution is 2.17. The zero-order valence-electron chi connectivity index (χ0n) is 5.50. The van der Waals surface area contributed by atoms with E-state index in [1.165, 1.54) is 0 Å². The zero-order chi connectivity index (χ0) is 7.56. The molecule has 1 aliphatic rings. The van der Waals surface area contributed by atoms with Gasteiger partial charge in [-0.3, -0.25) is 4.79 Å². The van der Waals surface area contributed by atoms with Crippen molar-refractivity contribution in [3.8, 4) is 12.3 Å². The van der Waals surface area contributed by atoms with Crippen LogP contribution in [0.25, 0.3) is 0 Å². The number of rotatable bonds is 2. The van der Waals surface area contributed by atoms with E-state index in [0.717, 1.165) is 0 Å². The normalized spacial score (nSPS) is 30.2. The maximum atomic E-state index is 10.7. The van der Waals surface area contributed by atoms with Gasteiger partial charge < -0.3 is 10.4 Å². The molecule has 0 radical (unpaired) electrons. The molecule has 0 spiro atoms. The molecule has 1 rings (SSSR count). The molecule has 2 atom stereocenters. The third kappa shape index (κ3) is 0.981. The molecule has 0 aromatic carbocycles. The van der Waals surface area contributed by atoms with Crippen molar-refractivity contribution in [1.82, 2.24) is 5.32 Å². The molecule has 1 aliphatic heterocycles. The van der Waals surface area contributed by atoms with Crippen LogP contribution < -0.4 is 5.32 Å². The molecule has 54 valence electrons. The van der Waals surface area contributed by atoms with Crippen molar-refractivity contribution >= 4 is 5.91 Å². The molecule has 1 amide bonds. The number of aliphatic hydroxyl groups excluding tert-OH is 1. The summed E-state index contributed by atoms with van der Waals surface area (Å²) in [4.78, 5) is 10.7. The van der Waals surface area contributed by atoms with Gasteiger partial charge in [-0.05, 0) is 6.42 Å². The highest BCUT2D eigenvalue weighted by molar-refractivity contribution is 5.87. The SMILES string of the molecule is C#C[C@@H]1NC(=O)[C@@H]1CCO. The Balaban J connectivity index is 2.42. The van der Waals surface area contributed by atoms with Crippen LogP contribution >= 0.6 is 0 Å². The predicted octanol–water partition coefficient (Wildman–Crippen LogP) is -0.883. The first kappa shape index (κ1) is 7.10. The Morgan fingerprint density at radius 1 is 1.80 bits per heavy atom. The van der Waals surface area contributed by atoms with Crippen molar-refractivity contribution in [1.29, 1.82) is 0 Å². The number of aliphatic hydroxyl groups is 1. The predicted molar refractivity (Wildman–Crippen MR) is 36.0 cm³/mol. The summed E-state index contributed by atoms with van der Waals surface area (Å²) in [5.41, 5.74) is 0. The molecule has 0 bridgehead atoms. The van der Waals surface area contributed by atoms with Crippen LogP contribution in [0.5, 0.6) is 0 Å². The van der Waals surface area contributed by atoms with Crippen molar-refractivity contribution in [3.05, 3.63) is 0 Å². The first-order valence-electron chi connectivity index (χ1n) is 3.17. The Morgan fingerprint density at radius 3 is 2.90 bits per heavy atom. The van der Waals surface area contributed by atoms with E-state index in [-0.39, 0.29) is 24.5 Å². The summed E-state index contributed by atoms with van der Waals surface area (Å²) in [6.07, 6.45) is 5.54. The van der Waals surface area contributed by atoms with E-state index in [9.17, 15) is 4.79 Å². The van der Waals surface area contributed by atoms with Gasteiger partial charge in [0.05, 0.1) is 5.92 Å². The molecule has 0 saturated carbocycles. The van der Waals surface area contributed by atoms with Crippen molar-refractivity contribution in [2.24, 2.45) is 5.92 Å². The first-order valence-corrected chi connectivity index (χ1v) is 3.17. The Labute approximate surface area is 59.4 Å². The molecular weight excluding hydrogens is 130 g/mol. The Morgan fingerprint density at radius 2 is 2.50 bits per heavy atom. The highest BCUT2D eigenvalue weighted by Gasteiger charge is 2.36. The zero-order valence-corrected chi connectivity index (χ0v) is 5.50. The van der Waals surface area contributed by atoms with Crippen LogP contribution in [0.1, 0.15) is 6.42 Å². The largest absolute Gasteiger partial charge is 0.396 e. The number of carbonyl (C=O) groups is 1. The van der Waals surface area contributed by atoms with E-state index < -0.39 is 0 Å². The van der Waals surface area contributed by atoms with E-state index >= 15 is 0 Å². The van der Waals surface area contributed by atoms with Crippen molar-refractivity contribution in [2.45, 2.75) is 12.5 Å².